The van der Waals surface area contributed by atoms with Gasteiger partial charge >= 0.3 is 5.69 Å². The Hall–Kier alpha value is -3.26. The highest BCUT2D eigenvalue weighted by atomic mass is 35.5. The van der Waals surface area contributed by atoms with Gasteiger partial charge in [-0.15, -0.1) is 0 Å². The van der Waals surface area contributed by atoms with Crippen molar-refractivity contribution in [2.24, 2.45) is 0 Å². The Morgan fingerprint density at radius 1 is 1.18 bits per heavy atom. The minimum Gasteiger partial charge on any atom is -0.346 e. The van der Waals surface area contributed by atoms with E-state index >= 15 is 0 Å². The Kier molecular flexibility index (Phi) is 5.70. The summed E-state index contributed by atoms with van der Waals surface area (Å²) in [7, 11) is 0. The van der Waals surface area contributed by atoms with E-state index in [1.165, 1.54) is 18.2 Å². The minimum absolute atomic E-state index is 0.00388. The van der Waals surface area contributed by atoms with E-state index in [4.69, 9.17) is 11.6 Å². The number of hydrogen-bond acceptors (Lipinski definition) is 4. The standard InChI is InChI=1S/C19H16ClFN4O3/c1-2-24-18(27)16(17(26)22-11-12-4-3-5-14(21)10-12)23-25(19(24)28)15-8-6-13(20)7-9-15/h3-10H,2,11H2,1H3,(H,22,26). The first-order valence-corrected chi connectivity index (χ1v) is 8.81. The van der Waals surface area contributed by atoms with Crippen molar-refractivity contribution in [3.63, 3.8) is 0 Å². The van der Waals surface area contributed by atoms with E-state index in [0.717, 1.165) is 9.25 Å². The quantitative estimate of drug-likeness (QED) is 0.708. The van der Waals surface area contributed by atoms with Crippen LogP contribution in [0.1, 0.15) is 23.0 Å². The van der Waals surface area contributed by atoms with E-state index in [9.17, 15) is 18.8 Å². The highest BCUT2D eigenvalue weighted by Crippen LogP contribution is 2.11. The van der Waals surface area contributed by atoms with Crippen molar-refractivity contribution in [3.05, 3.63) is 91.5 Å². The molecule has 0 saturated heterocycles. The summed E-state index contributed by atoms with van der Waals surface area (Å²) in [6.07, 6.45) is 0. The van der Waals surface area contributed by atoms with Gasteiger partial charge in [0.15, 0.2) is 0 Å². The van der Waals surface area contributed by atoms with Gasteiger partial charge in [0.25, 0.3) is 11.5 Å². The molecular weight excluding hydrogens is 387 g/mol. The molecule has 0 atom stereocenters. The summed E-state index contributed by atoms with van der Waals surface area (Å²) in [5.41, 5.74) is -1.02. The van der Waals surface area contributed by atoms with Crippen LogP contribution in [0, 0.1) is 5.82 Å². The van der Waals surface area contributed by atoms with E-state index in [2.05, 4.69) is 10.4 Å². The fraction of sp³-hybridized carbons (Fsp3) is 0.158. The number of halogens is 2. The molecule has 0 aliphatic carbocycles. The first-order valence-electron chi connectivity index (χ1n) is 8.43. The molecule has 1 aromatic heterocycles. The van der Waals surface area contributed by atoms with E-state index in [1.54, 1.807) is 37.3 Å². The monoisotopic (exact) mass is 402 g/mol. The van der Waals surface area contributed by atoms with Crippen molar-refractivity contribution in [1.82, 2.24) is 19.7 Å². The number of rotatable bonds is 5. The molecule has 3 rings (SSSR count). The van der Waals surface area contributed by atoms with Gasteiger partial charge < -0.3 is 5.32 Å². The van der Waals surface area contributed by atoms with E-state index < -0.39 is 28.7 Å². The number of nitrogens with one attached hydrogen (secondary N) is 1. The highest BCUT2D eigenvalue weighted by Gasteiger charge is 2.19. The third-order valence-corrected chi connectivity index (χ3v) is 4.26. The predicted molar refractivity (Wildman–Crippen MR) is 102 cm³/mol. The second-order valence-corrected chi connectivity index (χ2v) is 6.32. The average Bonchev–Trinajstić information content (AvgIpc) is 2.68. The van der Waals surface area contributed by atoms with Gasteiger partial charge in [-0.2, -0.15) is 9.78 Å². The molecule has 0 unspecified atom stereocenters. The van der Waals surface area contributed by atoms with Crippen molar-refractivity contribution in [1.29, 1.82) is 0 Å². The number of carbonyl (C=O) groups is 1. The van der Waals surface area contributed by atoms with Crippen LogP contribution < -0.4 is 16.6 Å². The number of hydrogen-bond donors (Lipinski definition) is 1. The second kappa shape index (κ2) is 8.18. The topological polar surface area (TPSA) is 86.0 Å². The molecule has 7 nitrogen and oxygen atoms in total. The van der Waals surface area contributed by atoms with Crippen molar-refractivity contribution in [3.8, 4) is 5.69 Å². The molecule has 1 N–H and O–H groups in total. The summed E-state index contributed by atoms with van der Waals surface area (Å²) >= 11 is 5.86. The molecule has 0 radical (unpaired) electrons. The maximum absolute atomic E-state index is 13.3. The lowest BCUT2D eigenvalue weighted by molar-refractivity contribution is 0.0941. The third kappa shape index (κ3) is 4.01. The molecular formula is C19H16ClFN4O3. The summed E-state index contributed by atoms with van der Waals surface area (Å²) in [5.74, 6) is -1.20. The zero-order chi connectivity index (χ0) is 20.3. The van der Waals surface area contributed by atoms with Gasteiger partial charge in [0, 0.05) is 18.1 Å². The maximum Gasteiger partial charge on any atom is 0.352 e. The number of benzene rings is 2. The van der Waals surface area contributed by atoms with Crippen molar-refractivity contribution in [2.45, 2.75) is 20.0 Å². The lowest BCUT2D eigenvalue weighted by Gasteiger charge is -2.11. The molecule has 144 valence electrons. The molecule has 0 saturated carbocycles. The molecule has 1 amide bonds. The van der Waals surface area contributed by atoms with Crippen LogP contribution in [0.4, 0.5) is 4.39 Å². The summed E-state index contributed by atoms with van der Waals surface area (Å²) in [5, 5.41) is 6.94. The first kappa shape index (κ1) is 19.5. The number of aromatic nitrogens is 3. The molecule has 0 fully saturated rings. The van der Waals surface area contributed by atoms with Gasteiger partial charge in [-0.3, -0.25) is 14.2 Å². The molecule has 9 heteroatoms. The zero-order valence-electron chi connectivity index (χ0n) is 14.9. The second-order valence-electron chi connectivity index (χ2n) is 5.88. The van der Waals surface area contributed by atoms with Crippen LogP contribution in [0.3, 0.4) is 0 Å². The average molecular weight is 403 g/mol. The number of amides is 1. The largest absolute Gasteiger partial charge is 0.352 e. The van der Waals surface area contributed by atoms with Crippen LogP contribution in [0.15, 0.2) is 58.1 Å². The van der Waals surface area contributed by atoms with Gasteiger partial charge in [-0.05, 0) is 48.9 Å². The SMILES string of the molecule is CCn1c(=O)c(C(=O)NCc2cccc(F)c2)nn(-c2ccc(Cl)cc2)c1=O. The van der Waals surface area contributed by atoms with Crippen molar-refractivity contribution < 1.29 is 9.18 Å². The van der Waals surface area contributed by atoms with Gasteiger partial charge in [0.05, 0.1) is 5.69 Å². The van der Waals surface area contributed by atoms with Gasteiger partial charge in [0.2, 0.25) is 5.69 Å². The molecule has 0 spiro atoms. The summed E-state index contributed by atoms with van der Waals surface area (Å²) in [4.78, 5) is 37.6. The molecule has 0 aliphatic rings. The third-order valence-electron chi connectivity index (χ3n) is 4.00. The lowest BCUT2D eigenvalue weighted by Crippen LogP contribution is -2.45. The van der Waals surface area contributed by atoms with Crippen LogP contribution in [0.2, 0.25) is 5.02 Å². The van der Waals surface area contributed by atoms with E-state index in [0.29, 0.717) is 16.3 Å². The normalized spacial score (nSPS) is 10.7. The Morgan fingerprint density at radius 2 is 1.89 bits per heavy atom. The Bertz CT molecular complexity index is 1140. The van der Waals surface area contributed by atoms with Crippen LogP contribution >= 0.6 is 11.6 Å². The molecule has 0 aliphatic heterocycles. The number of carbonyl (C=O) groups excluding carboxylic acids is 1. The highest BCUT2D eigenvalue weighted by molar-refractivity contribution is 6.30. The Labute approximate surface area is 164 Å². The van der Waals surface area contributed by atoms with Crippen LogP contribution in [0.5, 0.6) is 0 Å². The smallest absolute Gasteiger partial charge is 0.346 e. The zero-order valence-corrected chi connectivity index (χ0v) is 15.6. The molecule has 28 heavy (non-hydrogen) atoms. The minimum atomic E-state index is -0.797. The lowest BCUT2D eigenvalue weighted by atomic mass is 10.2. The van der Waals surface area contributed by atoms with Crippen molar-refractivity contribution in [2.75, 3.05) is 0 Å². The van der Waals surface area contributed by atoms with Crippen LogP contribution in [-0.2, 0) is 13.1 Å². The number of nitrogens with zero attached hydrogens (tertiary/aromatic N) is 3. The van der Waals surface area contributed by atoms with Crippen molar-refractivity contribution >= 4 is 17.5 Å². The fourth-order valence-electron chi connectivity index (χ4n) is 2.60. The Balaban J connectivity index is 1.99. The first-order chi connectivity index (χ1) is 13.4. The molecule has 2 aromatic carbocycles. The maximum atomic E-state index is 13.3. The summed E-state index contributed by atoms with van der Waals surface area (Å²) in [6, 6.07) is 11.9. The Morgan fingerprint density at radius 3 is 2.54 bits per heavy atom. The van der Waals surface area contributed by atoms with E-state index in [-0.39, 0.29) is 13.1 Å². The molecule has 3 aromatic rings. The van der Waals surface area contributed by atoms with Gasteiger partial charge in [-0.1, -0.05) is 23.7 Å². The fourth-order valence-corrected chi connectivity index (χ4v) is 2.73. The van der Waals surface area contributed by atoms with E-state index in [1.807, 2.05) is 0 Å². The summed E-state index contributed by atoms with van der Waals surface area (Å²) < 4.78 is 15.2. The van der Waals surface area contributed by atoms with Gasteiger partial charge in [-0.25, -0.2) is 9.18 Å². The van der Waals surface area contributed by atoms with Crippen LogP contribution in [-0.4, -0.2) is 20.3 Å². The molecule has 0 bridgehead atoms. The molecule has 1 heterocycles. The van der Waals surface area contributed by atoms with Crippen LogP contribution in [0.25, 0.3) is 5.69 Å². The van der Waals surface area contributed by atoms with Gasteiger partial charge in [0.1, 0.15) is 5.82 Å². The predicted octanol–water partition coefficient (Wildman–Crippen LogP) is 2.14. The summed E-state index contributed by atoms with van der Waals surface area (Å²) in [6.45, 7) is 1.69.